The van der Waals surface area contributed by atoms with Crippen LogP contribution in [0.25, 0.3) is 55.2 Å². The molecule has 0 unspecified atom stereocenters. The van der Waals surface area contributed by atoms with Crippen LogP contribution in [0.1, 0.15) is 0 Å². The van der Waals surface area contributed by atoms with Gasteiger partial charge in [-0.2, -0.15) is 0 Å². The van der Waals surface area contributed by atoms with E-state index in [1.807, 2.05) is 48.7 Å². The summed E-state index contributed by atoms with van der Waals surface area (Å²) in [6.07, 6.45) is 1.89. The molecule has 1 aliphatic rings. The lowest BCUT2D eigenvalue weighted by Crippen LogP contribution is -2.24. The van der Waals surface area contributed by atoms with Crippen LogP contribution in [0.4, 0.5) is 28.6 Å². The van der Waals surface area contributed by atoms with Gasteiger partial charge in [-0.05, 0) is 76.2 Å². The van der Waals surface area contributed by atoms with Crippen molar-refractivity contribution in [3.63, 3.8) is 0 Å². The minimum absolute atomic E-state index is 0.205. The van der Waals surface area contributed by atoms with Crippen LogP contribution in [-0.4, -0.2) is 22.1 Å². The van der Waals surface area contributed by atoms with E-state index >= 15 is 0 Å². The lowest BCUT2D eigenvalue weighted by atomic mass is 10.00. The molecule has 0 saturated heterocycles. The van der Waals surface area contributed by atoms with Crippen LogP contribution in [0.5, 0.6) is 5.75 Å². The van der Waals surface area contributed by atoms with E-state index in [1.54, 1.807) is 0 Å². The Morgan fingerprint density at radius 2 is 1.17 bits per heavy atom. The molecule has 2 aromatic heterocycles. The van der Waals surface area contributed by atoms with Gasteiger partial charge < -0.3 is 10.0 Å². The number of nitrogens with zero attached hydrogens (tertiary/aromatic N) is 4. The number of aromatic nitrogens is 2. The molecule has 6 aromatic carbocycles. The van der Waals surface area contributed by atoms with Crippen molar-refractivity contribution in [2.75, 3.05) is 16.8 Å². The molecule has 0 atom stereocenters. The zero-order valence-electron chi connectivity index (χ0n) is 26.2. The second-order valence-corrected chi connectivity index (χ2v) is 12.1. The molecule has 1 N–H and O–H groups in total. The molecule has 0 amide bonds. The van der Waals surface area contributed by atoms with E-state index in [1.165, 1.54) is 11.1 Å². The molecule has 3 heterocycles. The average Bonchev–Trinajstić information content (AvgIpc) is 3.15. The molecule has 228 valence electrons. The molecule has 0 spiro atoms. The van der Waals surface area contributed by atoms with Gasteiger partial charge in [-0.15, -0.1) is 0 Å². The molecular formula is C43H30N4O. The van der Waals surface area contributed by atoms with Gasteiger partial charge in [0.25, 0.3) is 0 Å². The highest BCUT2D eigenvalue weighted by molar-refractivity contribution is 6.04. The number of rotatable bonds is 4. The van der Waals surface area contributed by atoms with Crippen molar-refractivity contribution in [2.24, 2.45) is 0 Å². The third kappa shape index (κ3) is 4.56. The van der Waals surface area contributed by atoms with Gasteiger partial charge >= 0.3 is 0 Å². The number of benzene rings is 6. The maximum absolute atomic E-state index is 11.2. The smallest absolute Gasteiger partial charge is 0.149 e. The summed E-state index contributed by atoms with van der Waals surface area (Å²) in [6.45, 7) is 0. The van der Waals surface area contributed by atoms with Crippen LogP contribution in [0.3, 0.4) is 0 Å². The molecule has 48 heavy (non-hydrogen) atoms. The van der Waals surface area contributed by atoms with Crippen molar-refractivity contribution >= 4 is 50.2 Å². The summed E-state index contributed by atoms with van der Waals surface area (Å²) in [4.78, 5) is 14.4. The normalized spacial score (nSPS) is 12.3. The van der Waals surface area contributed by atoms with Gasteiger partial charge in [0.1, 0.15) is 17.1 Å². The van der Waals surface area contributed by atoms with Gasteiger partial charge in [-0.3, -0.25) is 4.90 Å². The van der Waals surface area contributed by atoms with Crippen molar-refractivity contribution in [3.05, 3.63) is 158 Å². The molecule has 5 nitrogen and oxygen atoms in total. The number of phenols is 1. The molecular weight excluding hydrogens is 589 g/mol. The van der Waals surface area contributed by atoms with Crippen LogP contribution in [-0.2, 0) is 0 Å². The molecule has 8 aromatic rings. The molecule has 0 fully saturated rings. The predicted octanol–water partition coefficient (Wildman–Crippen LogP) is 11.0. The monoisotopic (exact) mass is 618 g/mol. The van der Waals surface area contributed by atoms with Crippen LogP contribution < -0.4 is 9.80 Å². The van der Waals surface area contributed by atoms with Crippen LogP contribution in [0.15, 0.2) is 158 Å². The van der Waals surface area contributed by atoms with Gasteiger partial charge in [0, 0.05) is 29.6 Å². The third-order valence-electron chi connectivity index (χ3n) is 9.34. The van der Waals surface area contributed by atoms with Crippen molar-refractivity contribution < 1.29 is 5.11 Å². The van der Waals surface area contributed by atoms with Crippen molar-refractivity contribution in [3.8, 4) is 39.3 Å². The zero-order valence-corrected chi connectivity index (χ0v) is 26.2. The highest BCUT2D eigenvalue weighted by Crippen LogP contribution is 2.51. The van der Waals surface area contributed by atoms with Crippen LogP contribution in [0, 0.1) is 0 Å². The first-order valence-corrected chi connectivity index (χ1v) is 16.0. The average molecular weight is 619 g/mol. The minimum Gasteiger partial charge on any atom is -0.505 e. The number of hydrogen-bond acceptors (Lipinski definition) is 5. The van der Waals surface area contributed by atoms with E-state index in [-0.39, 0.29) is 5.75 Å². The Balaban J connectivity index is 1.16. The molecule has 9 rings (SSSR count). The summed E-state index contributed by atoms with van der Waals surface area (Å²) in [5.74, 6) is 1.03. The third-order valence-corrected chi connectivity index (χ3v) is 9.34. The van der Waals surface area contributed by atoms with Gasteiger partial charge in [0.2, 0.25) is 0 Å². The quantitative estimate of drug-likeness (QED) is 0.199. The Morgan fingerprint density at radius 1 is 0.500 bits per heavy atom. The molecule has 1 aliphatic heterocycles. The standard InChI is InChI=1S/C43H30N4O/c1-46-37-13-7-8-14-39(37)47(41-27-31(23-24-44-41)30-17-15-29(16-18-30)28-9-3-2-4-10-28)40-26-33(20-22-38(40)46)36-21-19-34-25-32-11-5-6-12-35(32)43(48)42(34)45-36/h2-27,48H,1H3. The first-order valence-electron chi connectivity index (χ1n) is 16.0. The van der Waals surface area contributed by atoms with Crippen molar-refractivity contribution in [2.45, 2.75) is 0 Å². The molecule has 0 bridgehead atoms. The Hall–Kier alpha value is -6.46. The van der Waals surface area contributed by atoms with Gasteiger partial charge in [0.05, 0.1) is 28.4 Å². The van der Waals surface area contributed by atoms with Gasteiger partial charge in [-0.25, -0.2) is 9.97 Å². The van der Waals surface area contributed by atoms with E-state index < -0.39 is 0 Å². The predicted molar refractivity (Wildman–Crippen MR) is 198 cm³/mol. The molecule has 0 aliphatic carbocycles. The highest BCUT2D eigenvalue weighted by atomic mass is 16.3. The number of hydrogen-bond donors (Lipinski definition) is 1. The summed E-state index contributed by atoms with van der Waals surface area (Å²) < 4.78 is 0. The number of fused-ring (bicyclic) bond motifs is 4. The maximum Gasteiger partial charge on any atom is 0.149 e. The lowest BCUT2D eigenvalue weighted by molar-refractivity contribution is 0.486. The zero-order chi connectivity index (χ0) is 32.2. The highest BCUT2D eigenvalue weighted by Gasteiger charge is 2.29. The number of para-hydroxylation sites is 2. The fourth-order valence-corrected chi connectivity index (χ4v) is 6.87. The van der Waals surface area contributed by atoms with Crippen LogP contribution >= 0.6 is 0 Å². The Bertz CT molecular complexity index is 2490. The second-order valence-electron chi connectivity index (χ2n) is 12.1. The topological polar surface area (TPSA) is 52.5 Å². The number of pyridine rings is 2. The SMILES string of the molecule is CN1c2ccccc2N(c2cc(-c3ccc(-c4ccccc4)cc3)ccn2)c2cc(-c3ccc4cc5ccccc5c(O)c4n3)ccc21. The maximum atomic E-state index is 11.2. The summed E-state index contributed by atoms with van der Waals surface area (Å²) in [5.41, 5.74) is 11.1. The molecule has 0 saturated carbocycles. The van der Waals surface area contributed by atoms with Crippen molar-refractivity contribution in [1.82, 2.24) is 9.97 Å². The number of phenolic OH excluding ortho intramolecular Hbond substituents is 1. The lowest BCUT2D eigenvalue weighted by Gasteiger charge is -2.38. The van der Waals surface area contributed by atoms with E-state index in [4.69, 9.17) is 9.97 Å². The van der Waals surface area contributed by atoms with E-state index in [2.05, 4.69) is 126 Å². The van der Waals surface area contributed by atoms with Gasteiger partial charge in [-0.1, -0.05) is 103 Å². The fraction of sp³-hybridized carbons (Fsp3) is 0.0233. The summed E-state index contributed by atoms with van der Waals surface area (Å²) >= 11 is 0. The van der Waals surface area contributed by atoms with E-state index in [0.29, 0.717) is 5.52 Å². The number of anilines is 5. The summed E-state index contributed by atoms with van der Waals surface area (Å²) in [5, 5.41) is 13.9. The summed E-state index contributed by atoms with van der Waals surface area (Å²) in [6, 6.07) is 52.2. The molecule has 0 radical (unpaired) electrons. The largest absolute Gasteiger partial charge is 0.505 e. The Morgan fingerprint density at radius 3 is 2.00 bits per heavy atom. The fourth-order valence-electron chi connectivity index (χ4n) is 6.87. The van der Waals surface area contributed by atoms with Crippen LogP contribution in [0.2, 0.25) is 0 Å². The van der Waals surface area contributed by atoms with Crippen molar-refractivity contribution in [1.29, 1.82) is 0 Å². The number of aromatic hydroxyl groups is 1. The second kappa shape index (κ2) is 11.1. The Kier molecular flexibility index (Phi) is 6.44. The van der Waals surface area contributed by atoms with Gasteiger partial charge in [0.15, 0.2) is 0 Å². The van der Waals surface area contributed by atoms with E-state index in [0.717, 1.165) is 67.1 Å². The van der Waals surface area contributed by atoms with E-state index in [9.17, 15) is 5.11 Å². The first kappa shape index (κ1) is 27.8. The summed E-state index contributed by atoms with van der Waals surface area (Å²) in [7, 11) is 2.10. The molecule has 5 heteroatoms. The first-order chi connectivity index (χ1) is 23.6. The Labute approximate surface area is 278 Å². The minimum atomic E-state index is 0.205.